The van der Waals surface area contributed by atoms with Crippen molar-refractivity contribution in [1.29, 1.82) is 0 Å². The molecule has 1 atom stereocenters. The molecule has 0 saturated heterocycles. The fourth-order valence-corrected chi connectivity index (χ4v) is 5.35. The molecule has 0 spiro atoms. The Balaban J connectivity index is 1.60. The third-order valence-electron chi connectivity index (χ3n) is 7.00. The van der Waals surface area contributed by atoms with Gasteiger partial charge in [-0.1, -0.05) is 78.9 Å². The summed E-state index contributed by atoms with van der Waals surface area (Å²) in [6.45, 7) is 0.840. The molecule has 0 bridgehead atoms. The Kier molecular flexibility index (Phi) is 5.38. The number of rotatable bonds is 6. The molecular weight excluding hydrogens is 428 g/mol. The van der Waals surface area contributed by atoms with Crippen molar-refractivity contribution in [1.82, 2.24) is 9.13 Å². The molecule has 1 unspecified atom stereocenters. The Bertz CT molecular complexity index is 1610. The Hall–Kier alpha value is -4.24. The van der Waals surface area contributed by atoms with Crippen molar-refractivity contribution in [3.8, 4) is 5.75 Å². The molecule has 4 aromatic carbocycles. The summed E-state index contributed by atoms with van der Waals surface area (Å²) in [7, 11) is 3.86. The highest BCUT2D eigenvalue weighted by molar-refractivity contribution is 5.90. The van der Waals surface area contributed by atoms with Gasteiger partial charge in [0.15, 0.2) is 0 Å². The van der Waals surface area contributed by atoms with Gasteiger partial charge in [-0.25, -0.2) is 0 Å². The summed E-state index contributed by atoms with van der Waals surface area (Å²) < 4.78 is 10.2. The molecule has 0 saturated carbocycles. The van der Waals surface area contributed by atoms with Crippen LogP contribution in [-0.4, -0.2) is 16.2 Å². The number of para-hydroxylation sites is 1. The monoisotopic (exact) mass is 456 g/mol. The van der Waals surface area contributed by atoms with Crippen molar-refractivity contribution in [2.24, 2.45) is 7.05 Å². The number of nitrogens with zero attached hydrogens (tertiary/aromatic N) is 2. The van der Waals surface area contributed by atoms with Gasteiger partial charge in [0.2, 0.25) is 0 Å². The lowest BCUT2D eigenvalue weighted by molar-refractivity contribution is 0.415. The third kappa shape index (κ3) is 3.79. The first kappa shape index (κ1) is 21.3. The van der Waals surface area contributed by atoms with E-state index < -0.39 is 0 Å². The van der Waals surface area contributed by atoms with Gasteiger partial charge in [-0.3, -0.25) is 0 Å². The molecule has 0 fully saturated rings. The molecule has 3 heteroatoms. The van der Waals surface area contributed by atoms with Crippen molar-refractivity contribution in [3.05, 3.63) is 138 Å². The molecule has 0 radical (unpaired) electrons. The van der Waals surface area contributed by atoms with Crippen LogP contribution in [0.4, 0.5) is 0 Å². The number of aryl methyl sites for hydroxylation is 1. The van der Waals surface area contributed by atoms with Crippen LogP contribution in [0.15, 0.2) is 116 Å². The minimum Gasteiger partial charge on any atom is -0.497 e. The topological polar surface area (TPSA) is 19.1 Å². The van der Waals surface area contributed by atoms with Crippen LogP contribution in [-0.2, 0) is 13.6 Å². The first-order valence-electron chi connectivity index (χ1n) is 12.0. The van der Waals surface area contributed by atoms with Crippen LogP contribution in [0.25, 0.3) is 21.8 Å². The van der Waals surface area contributed by atoms with E-state index in [4.69, 9.17) is 4.74 Å². The van der Waals surface area contributed by atoms with Gasteiger partial charge in [0.1, 0.15) is 5.75 Å². The SMILES string of the molecule is COc1ccc2c(c1)c(C(c1ccccc1)c1cn(Cc3ccccc3)c3ccccc13)cn2C. The predicted octanol–water partition coefficient (Wildman–Crippen LogP) is 7.37. The highest BCUT2D eigenvalue weighted by Gasteiger charge is 2.25. The summed E-state index contributed by atoms with van der Waals surface area (Å²) in [4.78, 5) is 0. The molecule has 6 aromatic rings. The van der Waals surface area contributed by atoms with Gasteiger partial charge in [0.25, 0.3) is 0 Å². The number of ether oxygens (including phenoxy) is 1. The maximum absolute atomic E-state index is 5.61. The lowest BCUT2D eigenvalue weighted by Gasteiger charge is -2.17. The molecule has 35 heavy (non-hydrogen) atoms. The second-order valence-electron chi connectivity index (χ2n) is 9.14. The van der Waals surface area contributed by atoms with Crippen molar-refractivity contribution in [2.45, 2.75) is 12.5 Å². The minimum absolute atomic E-state index is 0.0916. The molecule has 0 aliphatic rings. The first-order valence-corrected chi connectivity index (χ1v) is 12.0. The van der Waals surface area contributed by atoms with Crippen LogP contribution >= 0.6 is 0 Å². The highest BCUT2D eigenvalue weighted by atomic mass is 16.5. The average Bonchev–Trinajstić information content (AvgIpc) is 3.43. The van der Waals surface area contributed by atoms with Crippen LogP contribution in [0.1, 0.15) is 28.2 Å². The van der Waals surface area contributed by atoms with Crippen LogP contribution < -0.4 is 4.74 Å². The maximum atomic E-state index is 5.61. The summed E-state index contributed by atoms with van der Waals surface area (Å²) in [5.74, 6) is 0.970. The van der Waals surface area contributed by atoms with Crippen molar-refractivity contribution < 1.29 is 4.74 Å². The van der Waals surface area contributed by atoms with E-state index in [2.05, 4.69) is 126 Å². The molecule has 172 valence electrons. The summed E-state index contributed by atoms with van der Waals surface area (Å²) in [5.41, 5.74) is 7.64. The highest BCUT2D eigenvalue weighted by Crippen LogP contribution is 2.41. The Morgan fingerprint density at radius 1 is 0.686 bits per heavy atom. The molecule has 2 heterocycles. The fraction of sp³-hybridized carbons (Fsp3) is 0.125. The first-order chi connectivity index (χ1) is 17.2. The van der Waals surface area contributed by atoms with Crippen LogP contribution in [0, 0.1) is 0 Å². The second kappa shape index (κ2) is 8.84. The lowest BCUT2D eigenvalue weighted by Crippen LogP contribution is -2.03. The van der Waals surface area contributed by atoms with E-state index in [9.17, 15) is 0 Å². The lowest BCUT2D eigenvalue weighted by atomic mass is 9.85. The average molecular weight is 457 g/mol. The second-order valence-corrected chi connectivity index (χ2v) is 9.14. The van der Waals surface area contributed by atoms with Crippen molar-refractivity contribution >= 4 is 21.8 Å². The minimum atomic E-state index is 0.0916. The normalized spacial score (nSPS) is 12.3. The number of fused-ring (bicyclic) bond motifs is 2. The van der Waals surface area contributed by atoms with Gasteiger partial charge in [-0.15, -0.1) is 0 Å². The van der Waals surface area contributed by atoms with Gasteiger partial charge in [-0.05, 0) is 46.5 Å². The zero-order valence-corrected chi connectivity index (χ0v) is 20.1. The smallest absolute Gasteiger partial charge is 0.119 e. The molecule has 0 amide bonds. The number of aromatic nitrogens is 2. The van der Waals surface area contributed by atoms with E-state index in [1.165, 1.54) is 44.1 Å². The van der Waals surface area contributed by atoms with Crippen LogP contribution in [0.2, 0.25) is 0 Å². The van der Waals surface area contributed by atoms with Gasteiger partial charge < -0.3 is 13.9 Å². The van der Waals surface area contributed by atoms with E-state index in [0.29, 0.717) is 0 Å². The Morgan fingerprint density at radius 3 is 2.14 bits per heavy atom. The summed E-state index contributed by atoms with van der Waals surface area (Å²) >= 11 is 0. The van der Waals surface area contributed by atoms with E-state index in [1.807, 2.05) is 6.07 Å². The maximum Gasteiger partial charge on any atom is 0.119 e. The van der Waals surface area contributed by atoms with E-state index in [1.54, 1.807) is 7.11 Å². The van der Waals surface area contributed by atoms with E-state index in [0.717, 1.165) is 12.3 Å². The quantitative estimate of drug-likeness (QED) is 0.256. The van der Waals surface area contributed by atoms with Crippen LogP contribution in [0.3, 0.4) is 0 Å². The van der Waals surface area contributed by atoms with E-state index in [-0.39, 0.29) is 5.92 Å². The molecule has 3 nitrogen and oxygen atoms in total. The number of methoxy groups -OCH3 is 1. The largest absolute Gasteiger partial charge is 0.497 e. The number of hydrogen-bond acceptors (Lipinski definition) is 1. The van der Waals surface area contributed by atoms with Gasteiger partial charge in [-0.2, -0.15) is 0 Å². The zero-order chi connectivity index (χ0) is 23.8. The molecule has 0 N–H and O–H groups in total. The summed E-state index contributed by atoms with van der Waals surface area (Å²) in [6.07, 6.45) is 4.64. The van der Waals surface area contributed by atoms with Gasteiger partial charge in [0, 0.05) is 53.7 Å². The fourth-order valence-electron chi connectivity index (χ4n) is 5.35. The number of hydrogen-bond donors (Lipinski definition) is 0. The predicted molar refractivity (Wildman–Crippen MR) is 144 cm³/mol. The number of benzene rings is 4. The van der Waals surface area contributed by atoms with E-state index >= 15 is 0 Å². The molecule has 2 aromatic heterocycles. The standard InChI is InChI=1S/C32H28N2O/c1-33-21-28(27-19-25(35-2)17-18-30(27)33)32(24-13-7-4-8-14-24)29-22-34(20-23-11-5-3-6-12-23)31-16-10-9-15-26(29)31/h3-19,21-22,32H,20H2,1-2H3. The molecule has 6 rings (SSSR count). The van der Waals surface area contributed by atoms with Gasteiger partial charge >= 0.3 is 0 Å². The Morgan fingerprint density at radius 2 is 1.37 bits per heavy atom. The molecule has 0 aliphatic heterocycles. The molecular formula is C32H28N2O. The Labute approximate surface area is 205 Å². The summed E-state index contributed by atoms with van der Waals surface area (Å²) in [5, 5.41) is 2.51. The zero-order valence-electron chi connectivity index (χ0n) is 20.1. The molecule has 0 aliphatic carbocycles. The summed E-state index contributed by atoms with van der Waals surface area (Å²) in [6, 6.07) is 36.7. The van der Waals surface area contributed by atoms with Gasteiger partial charge in [0.05, 0.1) is 7.11 Å². The third-order valence-corrected chi connectivity index (χ3v) is 7.00. The van der Waals surface area contributed by atoms with Crippen molar-refractivity contribution in [3.63, 3.8) is 0 Å². The van der Waals surface area contributed by atoms with Crippen LogP contribution in [0.5, 0.6) is 5.75 Å². The van der Waals surface area contributed by atoms with Crippen molar-refractivity contribution in [2.75, 3.05) is 7.11 Å².